The monoisotopic (exact) mass is 274 g/mol. The van der Waals surface area contributed by atoms with E-state index in [-0.39, 0.29) is 5.91 Å². The van der Waals surface area contributed by atoms with Crippen molar-refractivity contribution in [1.29, 1.82) is 0 Å². The van der Waals surface area contributed by atoms with E-state index in [0.29, 0.717) is 28.6 Å². The molecule has 0 saturated carbocycles. The van der Waals surface area contributed by atoms with E-state index in [9.17, 15) is 4.79 Å². The number of halogens is 2. The van der Waals surface area contributed by atoms with Crippen LogP contribution in [0.4, 0.5) is 5.69 Å². The van der Waals surface area contributed by atoms with Gasteiger partial charge in [0.2, 0.25) is 5.91 Å². The molecule has 0 bridgehead atoms. The summed E-state index contributed by atoms with van der Waals surface area (Å²) < 4.78 is 0. The smallest absolute Gasteiger partial charge is 0.244 e. The fraction of sp³-hybridized carbons (Fsp3) is 0.417. The quantitative estimate of drug-likeness (QED) is 0.884. The van der Waals surface area contributed by atoms with Gasteiger partial charge < -0.3 is 11.1 Å². The largest absolute Gasteiger partial charge is 0.324 e. The Balaban J connectivity index is 2.84. The minimum atomic E-state index is -0.841. The highest BCUT2D eigenvalue weighted by molar-refractivity contribution is 6.42. The van der Waals surface area contributed by atoms with Gasteiger partial charge in [0.05, 0.1) is 15.6 Å². The van der Waals surface area contributed by atoms with Crippen molar-refractivity contribution in [2.45, 2.75) is 32.2 Å². The Morgan fingerprint density at radius 3 is 2.35 bits per heavy atom. The normalized spacial score (nSPS) is 11.4. The lowest BCUT2D eigenvalue weighted by Crippen LogP contribution is -2.50. The molecule has 94 valence electrons. The van der Waals surface area contributed by atoms with Gasteiger partial charge in [-0.1, -0.05) is 37.0 Å². The van der Waals surface area contributed by atoms with Crippen LogP contribution < -0.4 is 11.1 Å². The third-order valence-electron chi connectivity index (χ3n) is 2.89. The SMILES string of the molecule is CCC(N)(CC)C(=O)Nc1ccc(Cl)c(Cl)c1. The first kappa shape index (κ1) is 14.3. The molecule has 0 radical (unpaired) electrons. The van der Waals surface area contributed by atoms with Crippen LogP contribution in [0.5, 0.6) is 0 Å². The molecule has 3 N–H and O–H groups in total. The van der Waals surface area contributed by atoms with Crippen LogP contribution in [0.25, 0.3) is 0 Å². The summed E-state index contributed by atoms with van der Waals surface area (Å²) in [4.78, 5) is 12.0. The van der Waals surface area contributed by atoms with E-state index in [1.54, 1.807) is 18.2 Å². The van der Waals surface area contributed by atoms with Gasteiger partial charge in [0.15, 0.2) is 0 Å². The van der Waals surface area contributed by atoms with Crippen molar-refractivity contribution >= 4 is 34.8 Å². The molecule has 17 heavy (non-hydrogen) atoms. The predicted octanol–water partition coefficient (Wildman–Crippen LogP) is 3.45. The number of carbonyl (C=O) groups is 1. The maximum atomic E-state index is 12.0. The molecule has 5 heteroatoms. The molecule has 0 heterocycles. The Kier molecular flexibility index (Phi) is 4.80. The van der Waals surface area contributed by atoms with Gasteiger partial charge in [-0.2, -0.15) is 0 Å². The second-order valence-corrected chi connectivity index (χ2v) is 4.76. The zero-order chi connectivity index (χ0) is 13.1. The minimum Gasteiger partial charge on any atom is -0.324 e. The molecular formula is C12H16Cl2N2O. The number of nitrogens with one attached hydrogen (secondary N) is 1. The van der Waals surface area contributed by atoms with Crippen molar-refractivity contribution in [3.05, 3.63) is 28.2 Å². The minimum absolute atomic E-state index is 0.208. The van der Waals surface area contributed by atoms with Gasteiger partial charge in [0.25, 0.3) is 0 Å². The maximum Gasteiger partial charge on any atom is 0.244 e. The highest BCUT2D eigenvalue weighted by Gasteiger charge is 2.29. The summed E-state index contributed by atoms with van der Waals surface area (Å²) in [5.41, 5.74) is 5.74. The summed E-state index contributed by atoms with van der Waals surface area (Å²) in [5, 5.41) is 3.60. The third-order valence-corrected chi connectivity index (χ3v) is 3.63. The van der Waals surface area contributed by atoms with E-state index in [1.807, 2.05) is 13.8 Å². The number of benzene rings is 1. The summed E-state index contributed by atoms with van der Waals surface area (Å²) in [6.45, 7) is 3.77. The van der Waals surface area contributed by atoms with E-state index in [4.69, 9.17) is 28.9 Å². The Bertz CT molecular complexity index is 417. The standard InChI is InChI=1S/C12H16Cl2N2O/c1-3-12(15,4-2)11(17)16-8-5-6-9(13)10(14)7-8/h5-7H,3-4,15H2,1-2H3,(H,16,17). The zero-order valence-electron chi connectivity index (χ0n) is 9.89. The van der Waals surface area contributed by atoms with Crippen LogP contribution in [0.1, 0.15) is 26.7 Å². The number of rotatable bonds is 4. The van der Waals surface area contributed by atoms with Crippen LogP contribution in [0.2, 0.25) is 10.0 Å². The molecule has 0 aliphatic rings. The second-order valence-electron chi connectivity index (χ2n) is 3.95. The topological polar surface area (TPSA) is 55.1 Å². The number of hydrogen-bond donors (Lipinski definition) is 2. The number of amides is 1. The first-order valence-electron chi connectivity index (χ1n) is 5.48. The van der Waals surface area contributed by atoms with E-state index < -0.39 is 5.54 Å². The zero-order valence-corrected chi connectivity index (χ0v) is 11.4. The average Bonchev–Trinajstić information content (AvgIpc) is 2.32. The molecule has 1 aromatic rings. The van der Waals surface area contributed by atoms with E-state index >= 15 is 0 Å². The van der Waals surface area contributed by atoms with Gasteiger partial charge in [-0.05, 0) is 31.0 Å². The molecule has 0 aliphatic heterocycles. The van der Waals surface area contributed by atoms with Gasteiger partial charge in [0, 0.05) is 5.69 Å². The predicted molar refractivity (Wildman–Crippen MR) is 72.6 cm³/mol. The van der Waals surface area contributed by atoms with Crippen LogP contribution in [-0.2, 0) is 4.79 Å². The fourth-order valence-corrected chi connectivity index (χ4v) is 1.70. The van der Waals surface area contributed by atoms with Gasteiger partial charge in [-0.3, -0.25) is 4.79 Å². The van der Waals surface area contributed by atoms with Gasteiger partial charge in [0.1, 0.15) is 0 Å². The van der Waals surface area contributed by atoms with Gasteiger partial charge >= 0.3 is 0 Å². The van der Waals surface area contributed by atoms with Crippen molar-refractivity contribution in [1.82, 2.24) is 0 Å². The summed E-state index contributed by atoms with van der Waals surface area (Å²) in [5.74, 6) is -0.208. The van der Waals surface area contributed by atoms with Gasteiger partial charge in [-0.25, -0.2) is 0 Å². The van der Waals surface area contributed by atoms with Crippen LogP contribution in [-0.4, -0.2) is 11.4 Å². The molecule has 0 aromatic heterocycles. The number of hydrogen-bond acceptors (Lipinski definition) is 2. The molecule has 0 atom stereocenters. The Morgan fingerprint density at radius 2 is 1.88 bits per heavy atom. The van der Waals surface area contributed by atoms with Crippen molar-refractivity contribution in [2.75, 3.05) is 5.32 Å². The van der Waals surface area contributed by atoms with Crippen molar-refractivity contribution in [3.63, 3.8) is 0 Å². The van der Waals surface area contributed by atoms with E-state index in [0.717, 1.165) is 0 Å². The van der Waals surface area contributed by atoms with E-state index in [1.165, 1.54) is 0 Å². The van der Waals surface area contributed by atoms with Crippen molar-refractivity contribution in [3.8, 4) is 0 Å². The van der Waals surface area contributed by atoms with Crippen LogP contribution in [0.3, 0.4) is 0 Å². The summed E-state index contributed by atoms with van der Waals surface area (Å²) in [6, 6.07) is 4.93. The lowest BCUT2D eigenvalue weighted by molar-refractivity contribution is -0.121. The summed E-state index contributed by atoms with van der Waals surface area (Å²) >= 11 is 11.7. The third kappa shape index (κ3) is 3.35. The fourth-order valence-electron chi connectivity index (χ4n) is 1.40. The maximum absolute atomic E-state index is 12.0. The molecule has 0 saturated heterocycles. The lowest BCUT2D eigenvalue weighted by atomic mass is 9.93. The average molecular weight is 275 g/mol. The highest BCUT2D eigenvalue weighted by Crippen LogP contribution is 2.25. The molecule has 0 spiro atoms. The molecule has 0 fully saturated rings. The molecule has 1 aromatic carbocycles. The molecule has 1 amide bonds. The van der Waals surface area contributed by atoms with Crippen LogP contribution in [0.15, 0.2) is 18.2 Å². The van der Waals surface area contributed by atoms with Crippen molar-refractivity contribution in [2.24, 2.45) is 5.73 Å². The Hall–Kier alpha value is -0.770. The Labute approximate surface area is 111 Å². The first-order chi connectivity index (χ1) is 7.92. The second kappa shape index (κ2) is 5.71. The van der Waals surface area contributed by atoms with Crippen LogP contribution in [0, 0.1) is 0 Å². The molecule has 3 nitrogen and oxygen atoms in total. The first-order valence-corrected chi connectivity index (χ1v) is 6.24. The molecule has 0 unspecified atom stereocenters. The van der Waals surface area contributed by atoms with Crippen molar-refractivity contribution < 1.29 is 4.79 Å². The van der Waals surface area contributed by atoms with E-state index in [2.05, 4.69) is 5.32 Å². The Morgan fingerprint density at radius 1 is 1.29 bits per heavy atom. The summed E-state index contributed by atoms with van der Waals surface area (Å²) in [6.07, 6.45) is 1.16. The number of carbonyl (C=O) groups excluding carboxylic acids is 1. The number of anilines is 1. The molecular weight excluding hydrogens is 259 g/mol. The molecule has 1 rings (SSSR count). The number of nitrogens with two attached hydrogens (primary N) is 1. The lowest BCUT2D eigenvalue weighted by Gasteiger charge is -2.25. The highest BCUT2D eigenvalue weighted by atomic mass is 35.5. The molecule has 0 aliphatic carbocycles. The van der Waals surface area contributed by atoms with Gasteiger partial charge in [-0.15, -0.1) is 0 Å². The van der Waals surface area contributed by atoms with Crippen LogP contribution >= 0.6 is 23.2 Å². The summed E-state index contributed by atoms with van der Waals surface area (Å²) in [7, 11) is 0.